The summed E-state index contributed by atoms with van der Waals surface area (Å²) in [6, 6.07) is 0.933. The average Bonchev–Trinajstić information content (AvgIpc) is 2.72. The van der Waals surface area contributed by atoms with E-state index >= 15 is 0 Å². The van der Waals surface area contributed by atoms with Gasteiger partial charge in [-0.05, 0) is 18.8 Å². The third-order valence-corrected chi connectivity index (χ3v) is 3.68. The summed E-state index contributed by atoms with van der Waals surface area (Å²) in [6.07, 6.45) is 1.30. The van der Waals surface area contributed by atoms with E-state index in [4.69, 9.17) is 9.57 Å². The first-order chi connectivity index (χ1) is 8.45. The van der Waals surface area contributed by atoms with Gasteiger partial charge in [-0.1, -0.05) is 20.8 Å². The van der Waals surface area contributed by atoms with Crippen LogP contribution in [0.15, 0.2) is 0 Å². The van der Waals surface area contributed by atoms with E-state index in [2.05, 4.69) is 43.8 Å². The summed E-state index contributed by atoms with van der Waals surface area (Å²) in [5.74, 6) is 0. The lowest BCUT2D eigenvalue weighted by Gasteiger charge is -2.38. The highest BCUT2D eigenvalue weighted by molar-refractivity contribution is 4.87. The van der Waals surface area contributed by atoms with Gasteiger partial charge in [0.25, 0.3) is 0 Å². The molecule has 2 rings (SSSR count). The molecule has 106 valence electrons. The van der Waals surface area contributed by atoms with Crippen LogP contribution in [0.5, 0.6) is 0 Å². The van der Waals surface area contributed by atoms with Crippen molar-refractivity contribution in [3.63, 3.8) is 0 Å². The smallest absolute Gasteiger partial charge is 0.120 e. The third-order valence-electron chi connectivity index (χ3n) is 3.68. The molecular weight excluding hydrogens is 230 g/mol. The van der Waals surface area contributed by atoms with E-state index in [1.54, 1.807) is 0 Å². The Balaban J connectivity index is 1.65. The van der Waals surface area contributed by atoms with E-state index in [0.29, 0.717) is 18.7 Å². The van der Waals surface area contributed by atoms with Gasteiger partial charge < -0.3 is 10.1 Å². The molecule has 0 aromatic rings. The number of piperazine rings is 1. The van der Waals surface area contributed by atoms with Gasteiger partial charge in [0.2, 0.25) is 0 Å². The van der Waals surface area contributed by atoms with Crippen LogP contribution in [0, 0.1) is 5.41 Å². The molecule has 5 heteroatoms. The van der Waals surface area contributed by atoms with Crippen LogP contribution >= 0.6 is 0 Å². The second-order valence-corrected chi connectivity index (χ2v) is 6.55. The molecule has 2 fully saturated rings. The van der Waals surface area contributed by atoms with Crippen molar-refractivity contribution in [3.05, 3.63) is 0 Å². The predicted molar refractivity (Wildman–Crippen MR) is 71.1 cm³/mol. The maximum absolute atomic E-state index is 5.84. The third kappa shape index (κ3) is 3.90. The van der Waals surface area contributed by atoms with Crippen LogP contribution in [0.4, 0.5) is 0 Å². The SMILES string of the molecule is CC1CC(COC2CNC(C(C)(C)C)CN2)ON1. The van der Waals surface area contributed by atoms with Crippen molar-refractivity contribution in [1.29, 1.82) is 0 Å². The first kappa shape index (κ1) is 14.2. The number of rotatable bonds is 3. The Bertz CT molecular complexity index is 259. The van der Waals surface area contributed by atoms with Gasteiger partial charge in [0, 0.05) is 25.2 Å². The van der Waals surface area contributed by atoms with Crippen LogP contribution in [0.3, 0.4) is 0 Å². The van der Waals surface area contributed by atoms with Crippen LogP contribution in [0.25, 0.3) is 0 Å². The Morgan fingerprint density at radius 1 is 1.22 bits per heavy atom. The standard InChI is InChI=1S/C13H27N3O2/c1-9-5-10(18-16-9)8-17-12-7-14-11(6-15-12)13(2,3)4/h9-12,14-16H,5-8H2,1-4H3. The van der Waals surface area contributed by atoms with Gasteiger partial charge in [-0.3, -0.25) is 10.2 Å². The second kappa shape index (κ2) is 5.84. The minimum atomic E-state index is 0.100. The lowest BCUT2D eigenvalue weighted by molar-refractivity contribution is -0.0655. The Labute approximate surface area is 110 Å². The molecule has 4 unspecified atom stereocenters. The Morgan fingerprint density at radius 2 is 2.00 bits per heavy atom. The minimum Gasteiger partial charge on any atom is -0.359 e. The molecule has 18 heavy (non-hydrogen) atoms. The zero-order chi connectivity index (χ0) is 13.2. The highest BCUT2D eigenvalue weighted by Gasteiger charge is 2.30. The van der Waals surface area contributed by atoms with Crippen LogP contribution in [-0.4, -0.2) is 44.1 Å². The van der Waals surface area contributed by atoms with Crippen molar-refractivity contribution < 1.29 is 9.57 Å². The molecule has 0 bridgehead atoms. The summed E-state index contributed by atoms with van der Waals surface area (Å²) in [5, 5.41) is 7.00. The normalized spacial score (nSPS) is 38.0. The molecule has 4 atom stereocenters. The molecule has 0 aromatic carbocycles. The predicted octanol–water partition coefficient (Wildman–Crippen LogP) is 0.619. The Hall–Kier alpha value is -0.200. The van der Waals surface area contributed by atoms with Crippen LogP contribution in [0.2, 0.25) is 0 Å². The summed E-state index contributed by atoms with van der Waals surface area (Å²) >= 11 is 0. The highest BCUT2D eigenvalue weighted by atomic mass is 16.7. The molecule has 3 N–H and O–H groups in total. The highest BCUT2D eigenvalue weighted by Crippen LogP contribution is 2.20. The van der Waals surface area contributed by atoms with E-state index in [1.807, 2.05) is 0 Å². The molecule has 2 heterocycles. The van der Waals surface area contributed by atoms with Crippen molar-refractivity contribution in [1.82, 2.24) is 16.1 Å². The molecule has 0 amide bonds. The number of hydrogen-bond donors (Lipinski definition) is 3. The second-order valence-electron chi connectivity index (χ2n) is 6.55. The van der Waals surface area contributed by atoms with Crippen molar-refractivity contribution in [3.8, 4) is 0 Å². The van der Waals surface area contributed by atoms with Gasteiger partial charge in [0.05, 0.1) is 6.61 Å². The minimum absolute atomic E-state index is 0.100. The molecule has 5 nitrogen and oxygen atoms in total. The monoisotopic (exact) mass is 257 g/mol. The first-order valence-corrected chi connectivity index (χ1v) is 6.94. The van der Waals surface area contributed by atoms with E-state index < -0.39 is 0 Å². The fourth-order valence-electron chi connectivity index (χ4n) is 2.40. The molecule has 0 radical (unpaired) electrons. The van der Waals surface area contributed by atoms with E-state index in [0.717, 1.165) is 19.5 Å². The van der Waals surface area contributed by atoms with Gasteiger partial charge in [0.1, 0.15) is 12.3 Å². The number of ether oxygens (including phenoxy) is 1. The topological polar surface area (TPSA) is 54.5 Å². The lowest BCUT2D eigenvalue weighted by Crippen LogP contribution is -2.59. The van der Waals surface area contributed by atoms with Gasteiger partial charge in [-0.25, -0.2) is 0 Å². The summed E-state index contributed by atoms with van der Waals surface area (Å²) in [5.41, 5.74) is 3.25. The maximum Gasteiger partial charge on any atom is 0.120 e. The van der Waals surface area contributed by atoms with Gasteiger partial charge in [0.15, 0.2) is 0 Å². The average molecular weight is 257 g/mol. The van der Waals surface area contributed by atoms with Crippen LogP contribution in [0.1, 0.15) is 34.1 Å². The summed E-state index contributed by atoms with van der Waals surface area (Å²) in [4.78, 5) is 5.41. The van der Waals surface area contributed by atoms with Crippen molar-refractivity contribution >= 4 is 0 Å². The molecule has 0 aliphatic carbocycles. The van der Waals surface area contributed by atoms with Crippen LogP contribution < -0.4 is 16.1 Å². The van der Waals surface area contributed by atoms with E-state index in [9.17, 15) is 0 Å². The maximum atomic E-state index is 5.84. The Morgan fingerprint density at radius 3 is 2.50 bits per heavy atom. The molecule has 2 saturated heterocycles. The lowest BCUT2D eigenvalue weighted by atomic mass is 9.86. The van der Waals surface area contributed by atoms with Crippen LogP contribution in [-0.2, 0) is 9.57 Å². The van der Waals surface area contributed by atoms with E-state index in [1.165, 1.54) is 0 Å². The van der Waals surface area contributed by atoms with Crippen molar-refractivity contribution in [2.45, 2.75) is 58.5 Å². The summed E-state index contributed by atoms with van der Waals surface area (Å²) in [7, 11) is 0. The van der Waals surface area contributed by atoms with E-state index in [-0.39, 0.29) is 17.7 Å². The zero-order valence-corrected chi connectivity index (χ0v) is 12.0. The van der Waals surface area contributed by atoms with Gasteiger partial charge in [-0.2, -0.15) is 5.48 Å². The molecule has 2 aliphatic rings. The molecule has 2 aliphatic heterocycles. The largest absolute Gasteiger partial charge is 0.359 e. The summed E-state index contributed by atoms with van der Waals surface area (Å²) in [6.45, 7) is 11.4. The molecular formula is C13H27N3O2. The number of hydroxylamine groups is 1. The number of hydrogen-bond acceptors (Lipinski definition) is 5. The Kier molecular flexibility index (Phi) is 4.61. The number of nitrogens with one attached hydrogen (secondary N) is 3. The first-order valence-electron chi connectivity index (χ1n) is 6.94. The quantitative estimate of drug-likeness (QED) is 0.692. The molecule has 0 spiro atoms. The zero-order valence-electron chi connectivity index (χ0n) is 12.0. The van der Waals surface area contributed by atoms with Crippen molar-refractivity contribution in [2.24, 2.45) is 5.41 Å². The molecule has 0 aromatic heterocycles. The van der Waals surface area contributed by atoms with Gasteiger partial charge in [-0.15, -0.1) is 0 Å². The van der Waals surface area contributed by atoms with Gasteiger partial charge >= 0.3 is 0 Å². The fourth-order valence-corrected chi connectivity index (χ4v) is 2.40. The van der Waals surface area contributed by atoms with Crippen molar-refractivity contribution in [2.75, 3.05) is 19.7 Å². The fraction of sp³-hybridized carbons (Fsp3) is 1.00. The summed E-state index contributed by atoms with van der Waals surface area (Å²) < 4.78 is 5.84. The molecule has 0 saturated carbocycles.